The maximum Gasteiger partial charge on any atom is 0.328 e. The molecule has 34 heavy (non-hydrogen) atoms. The van der Waals surface area contributed by atoms with E-state index in [0.717, 1.165) is 42.2 Å². The fourth-order valence-electron chi connectivity index (χ4n) is 5.16. The number of aliphatic carboxylic acids is 1. The van der Waals surface area contributed by atoms with E-state index in [2.05, 4.69) is 62.9 Å². The predicted octanol–water partition coefficient (Wildman–Crippen LogP) is 6.32. The van der Waals surface area contributed by atoms with Crippen LogP contribution in [-0.4, -0.2) is 22.7 Å². The van der Waals surface area contributed by atoms with Crippen molar-refractivity contribution in [1.82, 2.24) is 0 Å². The standard InChI is InChI=1S/C30H33NO3/c1-20(2)17-23-8-11-26(18-21(23)3)31-16-15-24-19-27(32)12-13-28(24)30(31,4)25-9-5-22(6-10-25)7-14-29(33)34/h5-14,18-20,32H,15-17H2,1-4H3,(H,33,34)/b14-7+. The topological polar surface area (TPSA) is 60.8 Å². The molecule has 0 aromatic heterocycles. The summed E-state index contributed by atoms with van der Waals surface area (Å²) in [4.78, 5) is 13.4. The van der Waals surface area contributed by atoms with Gasteiger partial charge in [0.05, 0.1) is 5.54 Å². The van der Waals surface area contributed by atoms with Crippen molar-refractivity contribution in [3.05, 3.63) is 100 Å². The Balaban J connectivity index is 1.81. The van der Waals surface area contributed by atoms with Crippen molar-refractivity contribution in [1.29, 1.82) is 0 Å². The van der Waals surface area contributed by atoms with Crippen molar-refractivity contribution in [3.63, 3.8) is 0 Å². The van der Waals surface area contributed by atoms with Gasteiger partial charge in [-0.1, -0.05) is 50.2 Å². The molecule has 4 heteroatoms. The maximum atomic E-state index is 10.9. The summed E-state index contributed by atoms with van der Waals surface area (Å²) in [7, 11) is 0. The summed E-state index contributed by atoms with van der Waals surface area (Å²) in [5.41, 5.74) is 7.73. The number of carboxylic acid groups (broad SMARTS) is 1. The largest absolute Gasteiger partial charge is 0.508 e. The van der Waals surface area contributed by atoms with Gasteiger partial charge in [-0.15, -0.1) is 0 Å². The van der Waals surface area contributed by atoms with Gasteiger partial charge in [0.15, 0.2) is 0 Å². The third kappa shape index (κ3) is 4.58. The van der Waals surface area contributed by atoms with Gasteiger partial charge in [-0.05, 0) is 96.3 Å². The van der Waals surface area contributed by atoms with Crippen LogP contribution < -0.4 is 4.90 Å². The Kier molecular flexibility index (Phi) is 6.52. The summed E-state index contributed by atoms with van der Waals surface area (Å²) in [5.74, 6) is -0.0600. The quantitative estimate of drug-likeness (QED) is 0.427. The third-order valence-electron chi connectivity index (χ3n) is 6.92. The number of aryl methyl sites for hydroxylation is 1. The Labute approximate surface area is 202 Å². The number of hydrogen-bond donors (Lipinski definition) is 2. The van der Waals surface area contributed by atoms with Crippen LogP contribution in [0.4, 0.5) is 5.69 Å². The molecule has 1 aliphatic rings. The lowest BCUT2D eigenvalue weighted by molar-refractivity contribution is -0.131. The van der Waals surface area contributed by atoms with Crippen molar-refractivity contribution < 1.29 is 15.0 Å². The van der Waals surface area contributed by atoms with Gasteiger partial charge in [-0.25, -0.2) is 4.79 Å². The number of aromatic hydroxyl groups is 1. The predicted molar refractivity (Wildman–Crippen MR) is 138 cm³/mol. The summed E-state index contributed by atoms with van der Waals surface area (Å²) >= 11 is 0. The van der Waals surface area contributed by atoms with Gasteiger partial charge in [0.2, 0.25) is 0 Å². The molecule has 1 atom stereocenters. The van der Waals surface area contributed by atoms with Crippen molar-refractivity contribution in [2.45, 2.75) is 46.1 Å². The molecule has 0 fully saturated rings. The van der Waals surface area contributed by atoms with Crippen LogP contribution in [-0.2, 0) is 23.2 Å². The zero-order valence-electron chi connectivity index (χ0n) is 20.4. The molecule has 0 saturated carbocycles. The Morgan fingerprint density at radius 1 is 1.09 bits per heavy atom. The third-order valence-corrected chi connectivity index (χ3v) is 6.92. The first-order valence-electron chi connectivity index (χ1n) is 11.9. The zero-order chi connectivity index (χ0) is 24.5. The van der Waals surface area contributed by atoms with Crippen molar-refractivity contribution in [3.8, 4) is 5.75 Å². The Bertz CT molecular complexity index is 1230. The molecule has 176 valence electrons. The molecule has 0 spiro atoms. The number of nitrogens with zero attached hydrogens (tertiary/aromatic N) is 1. The molecular formula is C30H33NO3. The van der Waals surface area contributed by atoms with Crippen LogP contribution in [0.25, 0.3) is 6.08 Å². The van der Waals surface area contributed by atoms with E-state index in [1.54, 1.807) is 12.1 Å². The van der Waals surface area contributed by atoms with Crippen LogP contribution in [0.5, 0.6) is 5.75 Å². The van der Waals surface area contributed by atoms with E-state index in [4.69, 9.17) is 5.11 Å². The van der Waals surface area contributed by atoms with Gasteiger partial charge < -0.3 is 15.1 Å². The van der Waals surface area contributed by atoms with E-state index in [9.17, 15) is 9.90 Å². The first-order chi connectivity index (χ1) is 16.2. The van der Waals surface area contributed by atoms with Crippen molar-refractivity contribution in [2.24, 2.45) is 5.92 Å². The average Bonchev–Trinajstić information content (AvgIpc) is 2.79. The molecule has 4 rings (SSSR count). The molecule has 4 nitrogen and oxygen atoms in total. The number of benzene rings is 3. The van der Waals surface area contributed by atoms with E-state index in [-0.39, 0.29) is 5.75 Å². The van der Waals surface area contributed by atoms with Crippen LogP contribution in [0.2, 0.25) is 0 Å². The summed E-state index contributed by atoms with van der Waals surface area (Å²) in [5, 5.41) is 19.1. The van der Waals surface area contributed by atoms with Crippen LogP contribution in [0.1, 0.15) is 54.2 Å². The molecular weight excluding hydrogens is 422 g/mol. The lowest BCUT2D eigenvalue weighted by Gasteiger charge is -2.48. The lowest BCUT2D eigenvalue weighted by atomic mass is 9.76. The van der Waals surface area contributed by atoms with E-state index in [1.165, 1.54) is 22.4 Å². The molecule has 3 aromatic carbocycles. The molecule has 3 aromatic rings. The average molecular weight is 456 g/mol. The first kappa shape index (κ1) is 23.6. The number of hydrogen-bond acceptors (Lipinski definition) is 3. The number of phenols is 1. The van der Waals surface area contributed by atoms with Gasteiger partial charge in [0.25, 0.3) is 0 Å². The first-order valence-corrected chi connectivity index (χ1v) is 11.9. The number of fused-ring (bicyclic) bond motifs is 1. The molecule has 1 heterocycles. The zero-order valence-corrected chi connectivity index (χ0v) is 20.4. The lowest BCUT2D eigenvalue weighted by Crippen LogP contribution is -2.49. The second-order valence-corrected chi connectivity index (χ2v) is 9.82. The highest BCUT2D eigenvalue weighted by atomic mass is 16.4. The van der Waals surface area contributed by atoms with E-state index >= 15 is 0 Å². The Morgan fingerprint density at radius 2 is 1.82 bits per heavy atom. The van der Waals surface area contributed by atoms with Gasteiger partial charge in [0, 0.05) is 18.3 Å². The summed E-state index contributed by atoms with van der Waals surface area (Å²) < 4.78 is 0. The number of carbonyl (C=O) groups is 1. The highest BCUT2D eigenvalue weighted by Gasteiger charge is 2.40. The molecule has 0 amide bonds. The van der Waals surface area contributed by atoms with Crippen LogP contribution >= 0.6 is 0 Å². The second kappa shape index (κ2) is 9.38. The van der Waals surface area contributed by atoms with Crippen molar-refractivity contribution >= 4 is 17.7 Å². The van der Waals surface area contributed by atoms with Gasteiger partial charge >= 0.3 is 5.97 Å². The van der Waals surface area contributed by atoms with E-state index in [1.807, 2.05) is 24.3 Å². The highest BCUT2D eigenvalue weighted by molar-refractivity contribution is 5.85. The minimum Gasteiger partial charge on any atom is -0.508 e. The molecule has 2 N–H and O–H groups in total. The van der Waals surface area contributed by atoms with Crippen molar-refractivity contribution in [2.75, 3.05) is 11.4 Å². The van der Waals surface area contributed by atoms with Gasteiger partial charge in [-0.3, -0.25) is 0 Å². The molecule has 0 aliphatic carbocycles. The normalized spacial score (nSPS) is 17.9. The Hall–Kier alpha value is -3.53. The minimum absolute atomic E-state index is 0.289. The highest BCUT2D eigenvalue weighted by Crippen LogP contribution is 2.44. The number of rotatable bonds is 6. The second-order valence-electron chi connectivity index (χ2n) is 9.82. The number of phenolic OH excluding ortho intramolecular Hbond substituents is 1. The van der Waals surface area contributed by atoms with Crippen LogP contribution in [0, 0.1) is 12.8 Å². The van der Waals surface area contributed by atoms with E-state index in [0.29, 0.717) is 5.92 Å². The molecule has 1 unspecified atom stereocenters. The monoisotopic (exact) mass is 455 g/mol. The van der Waals surface area contributed by atoms with Gasteiger partial charge in [-0.2, -0.15) is 0 Å². The summed E-state index contributed by atoms with van der Waals surface area (Å²) in [6.45, 7) is 9.75. The smallest absolute Gasteiger partial charge is 0.328 e. The summed E-state index contributed by atoms with van der Waals surface area (Å²) in [6, 6.07) is 20.6. The van der Waals surface area contributed by atoms with Crippen LogP contribution in [0.3, 0.4) is 0 Å². The van der Waals surface area contributed by atoms with E-state index < -0.39 is 11.5 Å². The SMILES string of the molecule is Cc1cc(N2CCc3cc(O)ccc3C2(C)c2ccc(/C=C/C(=O)O)cc2)ccc1CC(C)C. The van der Waals surface area contributed by atoms with Crippen LogP contribution in [0.15, 0.2) is 66.7 Å². The number of carboxylic acids is 1. The van der Waals surface area contributed by atoms with Gasteiger partial charge in [0.1, 0.15) is 5.75 Å². The minimum atomic E-state index is -0.959. The molecule has 0 radical (unpaired) electrons. The molecule has 1 aliphatic heterocycles. The summed E-state index contributed by atoms with van der Waals surface area (Å²) in [6.07, 6.45) is 4.68. The number of anilines is 1. The maximum absolute atomic E-state index is 10.9. The fourth-order valence-corrected chi connectivity index (χ4v) is 5.16. The fraction of sp³-hybridized carbons (Fsp3) is 0.300. The molecule has 0 saturated heterocycles. The molecule has 0 bridgehead atoms. The Morgan fingerprint density at radius 3 is 2.47 bits per heavy atom.